The summed E-state index contributed by atoms with van der Waals surface area (Å²) in [7, 11) is 6.65. The van der Waals surface area contributed by atoms with Crippen LogP contribution in [0.25, 0.3) is 0 Å². The van der Waals surface area contributed by atoms with Crippen molar-refractivity contribution in [2.45, 2.75) is 19.4 Å². The van der Waals surface area contributed by atoms with Crippen molar-refractivity contribution in [3.05, 3.63) is 42.0 Å². The van der Waals surface area contributed by atoms with E-state index in [1.807, 2.05) is 18.2 Å². The predicted octanol–water partition coefficient (Wildman–Crippen LogP) is 3.47. The lowest BCUT2D eigenvalue weighted by molar-refractivity contribution is 0.231. The number of benzene rings is 2. The zero-order valence-electron chi connectivity index (χ0n) is 18.1. The number of piperazine rings is 1. The number of ether oxygens (including phenoxy) is 4. The molecule has 1 heterocycles. The van der Waals surface area contributed by atoms with Gasteiger partial charge in [0, 0.05) is 44.0 Å². The third-order valence-corrected chi connectivity index (χ3v) is 5.54. The van der Waals surface area contributed by atoms with Crippen LogP contribution in [0.5, 0.6) is 23.0 Å². The van der Waals surface area contributed by atoms with E-state index in [4.69, 9.17) is 18.9 Å². The Hall–Kier alpha value is -2.60. The highest BCUT2D eigenvalue weighted by Crippen LogP contribution is 2.38. The van der Waals surface area contributed by atoms with Gasteiger partial charge in [0.05, 0.1) is 28.4 Å². The summed E-state index contributed by atoms with van der Waals surface area (Å²) in [5.41, 5.74) is 2.41. The summed E-state index contributed by atoms with van der Waals surface area (Å²) in [6.07, 6.45) is 0.933. The van der Waals surface area contributed by atoms with Crippen molar-refractivity contribution in [1.82, 2.24) is 4.90 Å². The van der Waals surface area contributed by atoms with E-state index in [0.717, 1.165) is 38.3 Å². The Morgan fingerprint density at radius 2 is 1.62 bits per heavy atom. The average molecular weight is 401 g/mol. The molecule has 3 rings (SSSR count). The van der Waals surface area contributed by atoms with Gasteiger partial charge < -0.3 is 23.8 Å². The summed E-state index contributed by atoms with van der Waals surface area (Å²) in [4.78, 5) is 4.98. The van der Waals surface area contributed by atoms with Crippen LogP contribution in [0.2, 0.25) is 0 Å². The van der Waals surface area contributed by atoms with E-state index in [1.54, 1.807) is 28.4 Å². The summed E-state index contributed by atoms with van der Waals surface area (Å²) >= 11 is 0. The fraction of sp³-hybridized carbons (Fsp3) is 0.478. The SMILES string of the molecule is COc1cccc(N2CCN(CCc3cc(OC)c(OC)c(OC)c3)CC2C)c1. The zero-order chi connectivity index (χ0) is 20.8. The van der Waals surface area contributed by atoms with Crippen molar-refractivity contribution in [2.24, 2.45) is 0 Å². The molecular weight excluding hydrogens is 368 g/mol. The molecular formula is C23H32N2O4. The van der Waals surface area contributed by atoms with E-state index in [0.29, 0.717) is 23.3 Å². The topological polar surface area (TPSA) is 43.4 Å². The van der Waals surface area contributed by atoms with Gasteiger partial charge >= 0.3 is 0 Å². The summed E-state index contributed by atoms with van der Waals surface area (Å²) in [6, 6.07) is 12.8. The van der Waals surface area contributed by atoms with Crippen molar-refractivity contribution in [1.29, 1.82) is 0 Å². The fourth-order valence-electron chi connectivity index (χ4n) is 3.98. The molecule has 2 aromatic rings. The maximum Gasteiger partial charge on any atom is 0.203 e. The van der Waals surface area contributed by atoms with E-state index in [9.17, 15) is 0 Å². The Bertz CT molecular complexity index is 786. The van der Waals surface area contributed by atoms with Gasteiger partial charge in [0.15, 0.2) is 11.5 Å². The maximum atomic E-state index is 5.47. The van der Waals surface area contributed by atoms with Gasteiger partial charge in [0.25, 0.3) is 0 Å². The molecule has 0 saturated carbocycles. The van der Waals surface area contributed by atoms with Crippen LogP contribution >= 0.6 is 0 Å². The molecule has 1 atom stereocenters. The standard InChI is InChI=1S/C23H32N2O4/c1-17-16-24(11-12-25(17)19-7-6-8-20(15-19)26-2)10-9-18-13-21(27-3)23(29-5)22(14-18)28-4/h6-8,13-15,17H,9-12,16H2,1-5H3. The molecule has 0 amide bonds. The third kappa shape index (κ3) is 4.88. The van der Waals surface area contributed by atoms with E-state index < -0.39 is 0 Å². The van der Waals surface area contributed by atoms with Crippen LogP contribution in [0.4, 0.5) is 5.69 Å². The number of rotatable bonds is 8. The van der Waals surface area contributed by atoms with Crippen LogP contribution in [-0.2, 0) is 6.42 Å². The monoisotopic (exact) mass is 400 g/mol. The molecule has 6 nitrogen and oxygen atoms in total. The van der Waals surface area contributed by atoms with Gasteiger partial charge in [-0.25, -0.2) is 0 Å². The number of anilines is 1. The van der Waals surface area contributed by atoms with Crippen LogP contribution in [-0.4, -0.2) is 65.6 Å². The van der Waals surface area contributed by atoms with Crippen molar-refractivity contribution < 1.29 is 18.9 Å². The van der Waals surface area contributed by atoms with E-state index in [1.165, 1.54) is 11.3 Å². The first-order valence-corrected chi connectivity index (χ1v) is 10.0. The zero-order valence-corrected chi connectivity index (χ0v) is 18.1. The molecule has 0 N–H and O–H groups in total. The van der Waals surface area contributed by atoms with Gasteiger partial charge in [0.1, 0.15) is 5.75 Å². The first-order chi connectivity index (χ1) is 14.1. The second-order valence-electron chi connectivity index (χ2n) is 7.33. The van der Waals surface area contributed by atoms with Crippen LogP contribution in [0, 0.1) is 0 Å². The molecule has 29 heavy (non-hydrogen) atoms. The summed E-state index contributed by atoms with van der Waals surface area (Å²) < 4.78 is 21.7. The molecule has 1 saturated heterocycles. The number of hydrogen-bond donors (Lipinski definition) is 0. The van der Waals surface area contributed by atoms with Gasteiger partial charge in [-0.1, -0.05) is 6.07 Å². The Kier molecular flexibility index (Phi) is 7.09. The van der Waals surface area contributed by atoms with Crippen molar-refractivity contribution in [3.63, 3.8) is 0 Å². The highest BCUT2D eigenvalue weighted by atomic mass is 16.5. The van der Waals surface area contributed by atoms with E-state index in [-0.39, 0.29) is 0 Å². The number of hydrogen-bond acceptors (Lipinski definition) is 6. The highest BCUT2D eigenvalue weighted by molar-refractivity contribution is 5.54. The Labute approximate surface area is 173 Å². The smallest absolute Gasteiger partial charge is 0.203 e. The molecule has 0 bridgehead atoms. The summed E-state index contributed by atoms with van der Waals surface area (Å²) in [5, 5.41) is 0. The maximum absolute atomic E-state index is 5.47. The van der Waals surface area contributed by atoms with Gasteiger partial charge in [-0.2, -0.15) is 0 Å². The minimum Gasteiger partial charge on any atom is -0.497 e. The molecule has 1 aliphatic rings. The quantitative estimate of drug-likeness (QED) is 0.676. The minimum atomic E-state index is 0.441. The second kappa shape index (κ2) is 9.74. The van der Waals surface area contributed by atoms with Gasteiger partial charge in [-0.05, 0) is 43.2 Å². The number of methoxy groups -OCH3 is 4. The second-order valence-corrected chi connectivity index (χ2v) is 7.33. The molecule has 1 unspecified atom stereocenters. The van der Waals surface area contributed by atoms with Crippen molar-refractivity contribution in [2.75, 3.05) is 59.5 Å². The van der Waals surface area contributed by atoms with Crippen LogP contribution in [0.1, 0.15) is 12.5 Å². The molecule has 1 aliphatic heterocycles. The molecule has 0 radical (unpaired) electrons. The minimum absolute atomic E-state index is 0.441. The molecule has 0 aromatic heterocycles. The van der Waals surface area contributed by atoms with Gasteiger partial charge in [-0.3, -0.25) is 4.90 Å². The van der Waals surface area contributed by atoms with Crippen molar-refractivity contribution >= 4 is 5.69 Å². The van der Waals surface area contributed by atoms with E-state index in [2.05, 4.69) is 34.9 Å². The largest absolute Gasteiger partial charge is 0.497 e. The Morgan fingerprint density at radius 3 is 2.21 bits per heavy atom. The van der Waals surface area contributed by atoms with Crippen LogP contribution in [0.3, 0.4) is 0 Å². The molecule has 0 spiro atoms. The normalized spacial score (nSPS) is 17.1. The van der Waals surface area contributed by atoms with E-state index >= 15 is 0 Å². The summed E-state index contributed by atoms with van der Waals surface area (Å²) in [5.74, 6) is 2.95. The number of nitrogens with zero attached hydrogens (tertiary/aromatic N) is 2. The fourth-order valence-corrected chi connectivity index (χ4v) is 3.98. The third-order valence-electron chi connectivity index (χ3n) is 5.54. The Morgan fingerprint density at radius 1 is 0.897 bits per heavy atom. The summed E-state index contributed by atoms with van der Waals surface area (Å²) in [6.45, 7) is 6.34. The highest BCUT2D eigenvalue weighted by Gasteiger charge is 2.24. The van der Waals surface area contributed by atoms with Crippen molar-refractivity contribution in [3.8, 4) is 23.0 Å². The molecule has 2 aromatic carbocycles. The molecule has 158 valence electrons. The van der Waals surface area contributed by atoms with Gasteiger partial charge in [0.2, 0.25) is 5.75 Å². The van der Waals surface area contributed by atoms with Crippen LogP contribution in [0.15, 0.2) is 36.4 Å². The first kappa shape index (κ1) is 21.1. The Balaban J connectivity index is 1.62. The van der Waals surface area contributed by atoms with Crippen LogP contribution < -0.4 is 23.8 Å². The lowest BCUT2D eigenvalue weighted by Crippen LogP contribution is -2.52. The lowest BCUT2D eigenvalue weighted by atomic mass is 10.1. The predicted molar refractivity (Wildman–Crippen MR) is 116 cm³/mol. The lowest BCUT2D eigenvalue weighted by Gasteiger charge is -2.41. The first-order valence-electron chi connectivity index (χ1n) is 10.0. The molecule has 0 aliphatic carbocycles. The molecule has 1 fully saturated rings. The average Bonchev–Trinajstić information content (AvgIpc) is 2.76. The molecule has 6 heteroatoms. The van der Waals surface area contributed by atoms with Gasteiger partial charge in [-0.15, -0.1) is 0 Å².